The molecule has 3 aromatic rings. The van der Waals surface area contributed by atoms with Crippen LogP contribution in [0, 0.1) is 6.92 Å². The van der Waals surface area contributed by atoms with E-state index >= 15 is 0 Å². The quantitative estimate of drug-likeness (QED) is 0.546. The Labute approximate surface area is 179 Å². The van der Waals surface area contributed by atoms with Crippen molar-refractivity contribution >= 4 is 28.8 Å². The van der Waals surface area contributed by atoms with Gasteiger partial charge in [0.15, 0.2) is 0 Å². The Morgan fingerprint density at radius 3 is 2.63 bits per heavy atom. The monoisotopic (exact) mass is 424 g/mol. The van der Waals surface area contributed by atoms with Crippen molar-refractivity contribution in [1.29, 1.82) is 0 Å². The van der Waals surface area contributed by atoms with Crippen LogP contribution >= 0.6 is 11.3 Å². The van der Waals surface area contributed by atoms with Gasteiger partial charge in [-0.25, -0.2) is 0 Å². The number of carbonyl (C=O) groups is 2. The number of methoxy groups -OCH3 is 1. The summed E-state index contributed by atoms with van der Waals surface area (Å²) in [6.07, 6.45) is 1.65. The van der Waals surface area contributed by atoms with Crippen LogP contribution in [0.2, 0.25) is 0 Å². The molecule has 7 nitrogen and oxygen atoms in total. The molecule has 0 aliphatic rings. The maximum absolute atomic E-state index is 12.3. The molecule has 0 aliphatic heterocycles. The second-order valence-electron chi connectivity index (χ2n) is 6.80. The van der Waals surface area contributed by atoms with Crippen LogP contribution in [0.15, 0.2) is 48.5 Å². The number of ether oxygens (including phenoxy) is 1. The van der Waals surface area contributed by atoms with Gasteiger partial charge in [0.05, 0.1) is 7.11 Å². The molecule has 0 aliphatic carbocycles. The third kappa shape index (κ3) is 6.38. The number of nitrogens with one attached hydrogen (secondary N) is 2. The van der Waals surface area contributed by atoms with E-state index in [-0.39, 0.29) is 11.8 Å². The number of anilines is 1. The highest BCUT2D eigenvalue weighted by Gasteiger charge is 2.13. The van der Waals surface area contributed by atoms with Crippen LogP contribution in [0.4, 0.5) is 5.69 Å². The highest BCUT2D eigenvalue weighted by Crippen LogP contribution is 2.18. The van der Waals surface area contributed by atoms with Crippen molar-refractivity contribution < 1.29 is 14.3 Å². The minimum atomic E-state index is -0.306. The number of aryl methyl sites for hydroxylation is 2. The van der Waals surface area contributed by atoms with Gasteiger partial charge in [-0.1, -0.05) is 41.2 Å². The Morgan fingerprint density at radius 2 is 1.90 bits per heavy atom. The Kier molecular flexibility index (Phi) is 7.51. The van der Waals surface area contributed by atoms with Crippen molar-refractivity contribution in [3.05, 3.63) is 69.7 Å². The van der Waals surface area contributed by atoms with Crippen molar-refractivity contribution in [2.75, 3.05) is 12.4 Å². The van der Waals surface area contributed by atoms with Gasteiger partial charge in [-0.2, -0.15) is 0 Å². The summed E-state index contributed by atoms with van der Waals surface area (Å²) in [7, 11) is 1.59. The molecule has 0 bridgehead atoms. The zero-order valence-corrected chi connectivity index (χ0v) is 17.8. The summed E-state index contributed by atoms with van der Waals surface area (Å²) >= 11 is 1.24. The van der Waals surface area contributed by atoms with Crippen molar-refractivity contribution in [3.63, 3.8) is 0 Å². The largest absolute Gasteiger partial charge is 0.497 e. The molecule has 0 atom stereocenters. The number of nitrogens with zero attached hydrogens (tertiary/aromatic N) is 2. The molecule has 2 amide bonds. The molecule has 2 N–H and O–H groups in total. The predicted molar refractivity (Wildman–Crippen MR) is 117 cm³/mol. The highest BCUT2D eigenvalue weighted by atomic mass is 32.1. The maximum atomic E-state index is 12.3. The molecular weight excluding hydrogens is 400 g/mol. The van der Waals surface area contributed by atoms with Crippen LogP contribution in [0.3, 0.4) is 0 Å². The summed E-state index contributed by atoms with van der Waals surface area (Å²) in [4.78, 5) is 24.3. The van der Waals surface area contributed by atoms with Gasteiger partial charge < -0.3 is 15.4 Å². The number of amides is 2. The van der Waals surface area contributed by atoms with Gasteiger partial charge in [-0.15, -0.1) is 10.2 Å². The van der Waals surface area contributed by atoms with E-state index in [1.54, 1.807) is 31.4 Å². The molecule has 1 aromatic heterocycles. The fourth-order valence-corrected chi connectivity index (χ4v) is 3.59. The summed E-state index contributed by atoms with van der Waals surface area (Å²) in [6, 6.07) is 15.1. The molecule has 8 heteroatoms. The van der Waals surface area contributed by atoms with Crippen LogP contribution in [0.25, 0.3) is 0 Å². The molecule has 156 valence electrons. The third-order valence-corrected chi connectivity index (χ3v) is 5.36. The number of aromatic nitrogens is 2. The van der Waals surface area contributed by atoms with Gasteiger partial charge in [-0.3, -0.25) is 9.59 Å². The molecule has 0 fully saturated rings. The molecule has 0 spiro atoms. The normalized spacial score (nSPS) is 10.5. The first-order chi connectivity index (χ1) is 14.5. The lowest BCUT2D eigenvalue weighted by molar-refractivity contribution is -0.121. The van der Waals surface area contributed by atoms with E-state index in [2.05, 4.69) is 26.9 Å². The number of hydrogen-bond donors (Lipinski definition) is 2. The molecule has 2 aromatic carbocycles. The summed E-state index contributed by atoms with van der Waals surface area (Å²) in [5, 5.41) is 14.8. The number of rotatable bonds is 9. The molecule has 0 saturated carbocycles. The smallest absolute Gasteiger partial charge is 0.286 e. The van der Waals surface area contributed by atoms with Crippen LogP contribution in [-0.4, -0.2) is 29.1 Å². The fourth-order valence-electron chi connectivity index (χ4n) is 2.82. The van der Waals surface area contributed by atoms with Gasteiger partial charge in [0.25, 0.3) is 5.91 Å². The van der Waals surface area contributed by atoms with Crippen molar-refractivity contribution in [2.45, 2.75) is 32.7 Å². The zero-order chi connectivity index (χ0) is 21.3. The van der Waals surface area contributed by atoms with E-state index in [0.29, 0.717) is 42.3 Å². The Bertz CT molecular complexity index is 1000. The van der Waals surface area contributed by atoms with Gasteiger partial charge in [0.2, 0.25) is 10.9 Å². The second-order valence-corrected chi connectivity index (χ2v) is 7.86. The summed E-state index contributed by atoms with van der Waals surface area (Å²) < 4.78 is 5.10. The zero-order valence-electron chi connectivity index (χ0n) is 17.0. The minimum absolute atomic E-state index is 0.00139. The van der Waals surface area contributed by atoms with Crippen molar-refractivity contribution in [2.24, 2.45) is 0 Å². The number of hydrogen-bond acceptors (Lipinski definition) is 6. The number of benzene rings is 2. The van der Waals surface area contributed by atoms with E-state index < -0.39 is 0 Å². The average molecular weight is 425 g/mol. The Morgan fingerprint density at radius 1 is 1.10 bits per heavy atom. The minimum Gasteiger partial charge on any atom is -0.497 e. The average Bonchev–Trinajstić information content (AvgIpc) is 3.22. The fraction of sp³-hybridized carbons (Fsp3) is 0.273. The maximum Gasteiger partial charge on any atom is 0.286 e. The number of carbonyl (C=O) groups excluding carboxylic acids is 2. The Balaban J connectivity index is 1.41. The molecule has 3 rings (SSSR count). The topological polar surface area (TPSA) is 93.2 Å². The van der Waals surface area contributed by atoms with Gasteiger partial charge >= 0.3 is 0 Å². The standard InChI is InChI=1S/C22H24N4O3S/c1-15-5-3-6-16(13-15)14-23-19(27)7-4-8-20-25-26-22(30-20)21(28)24-17-9-11-18(29-2)12-10-17/h3,5-6,9-13H,4,7-8,14H2,1-2H3,(H,23,27)(H,24,28). The van der Waals surface area contributed by atoms with Gasteiger partial charge in [0.1, 0.15) is 10.8 Å². The lowest BCUT2D eigenvalue weighted by Crippen LogP contribution is -2.22. The lowest BCUT2D eigenvalue weighted by Gasteiger charge is -2.05. The first kappa shape index (κ1) is 21.4. The van der Waals surface area contributed by atoms with Gasteiger partial charge in [-0.05, 0) is 43.2 Å². The Hall–Kier alpha value is -3.26. The lowest BCUT2D eigenvalue weighted by atomic mass is 10.1. The van der Waals surface area contributed by atoms with Crippen molar-refractivity contribution in [3.8, 4) is 5.75 Å². The molecule has 0 radical (unpaired) electrons. The molecule has 0 unspecified atom stereocenters. The summed E-state index contributed by atoms with van der Waals surface area (Å²) in [6.45, 7) is 2.55. The van der Waals surface area contributed by atoms with E-state index in [1.165, 1.54) is 16.9 Å². The summed E-state index contributed by atoms with van der Waals surface area (Å²) in [5.41, 5.74) is 2.91. The molecule has 0 saturated heterocycles. The van der Waals surface area contributed by atoms with Crippen LogP contribution in [-0.2, 0) is 17.8 Å². The highest BCUT2D eigenvalue weighted by molar-refractivity contribution is 7.13. The third-order valence-electron chi connectivity index (χ3n) is 4.38. The SMILES string of the molecule is COc1ccc(NC(=O)c2nnc(CCCC(=O)NCc3cccc(C)c3)s2)cc1. The summed E-state index contributed by atoms with van der Waals surface area (Å²) in [5.74, 6) is 0.410. The predicted octanol–water partition coefficient (Wildman–Crippen LogP) is 3.75. The van der Waals surface area contributed by atoms with E-state index in [4.69, 9.17) is 4.74 Å². The van der Waals surface area contributed by atoms with Crippen molar-refractivity contribution in [1.82, 2.24) is 15.5 Å². The van der Waals surface area contributed by atoms with Crippen LogP contribution in [0.1, 0.15) is 38.8 Å². The first-order valence-electron chi connectivity index (χ1n) is 9.63. The van der Waals surface area contributed by atoms with E-state index in [1.807, 2.05) is 25.1 Å². The van der Waals surface area contributed by atoms with E-state index in [0.717, 1.165) is 10.6 Å². The van der Waals surface area contributed by atoms with E-state index in [9.17, 15) is 9.59 Å². The second kappa shape index (κ2) is 10.5. The molecule has 1 heterocycles. The molecule has 30 heavy (non-hydrogen) atoms. The first-order valence-corrected chi connectivity index (χ1v) is 10.4. The van der Waals surface area contributed by atoms with Crippen LogP contribution < -0.4 is 15.4 Å². The van der Waals surface area contributed by atoms with Gasteiger partial charge in [0, 0.05) is 25.1 Å². The molecular formula is C22H24N4O3S. The van der Waals surface area contributed by atoms with Crippen LogP contribution in [0.5, 0.6) is 5.75 Å².